The molecule has 1 atom stereocenters. The summed E-state index contributed by atoms with van der Waals surface area (Å²) in [6.07, 6.45) is 2.61. The third kappa shape index (κ3) is 3.01. The van der Waals surface area contributed by atoms with Crippen LogP contribution in [0.1, 0.15) is 36.0 Å². The summed E-state index contributed by atoms with van der Waals surface area (Å²) in [5.74, 6) is -0.567. The van der Waals surface area contributed by atoms with Crippen LogP contribution in [0.5, 0.6) is 0 Å². The van der Waals surface area contributed by atoms with Gasteiger partial charge in [0.25, 0.3) is 5.91 Å². The number of carbonyl (C=O) groups is 3. The fraction of sp³-hybridized carbons (Fsp3) is 0.438. The van der Waals surface area contributed by atoms with Crippen LogP contribution in [0.15, 0.2) is 24.3 Å². The maximum absolute atomic E-state index is 12.0. The highest BCUT2D eigenvalue weighted by Crippen LogP contribution is 2.22. The van der Waals surface area contributed by atoms with E-state index in [9.17, 15) is 14.4 Å². The van der Waals surface area contributed by atoms with Crippen molar-refractivity contribution in [1.29, 1.82) is 0 Å². The summed E-state index contributed by atoms with van der Waals surface area (Å²) in [7, 11) is 0. The first kappa shape index (κ1) is 14.7. The van der Waals surface area contributed by atoms with Gasteiger partial charge in [-0.3, -0.25) is 19.3 Å². The lowest BCUT2D eigenvalue weighted by Gasteiger charge is -2.14. The van der Waals surface area contributed by atoms with Gasteiger partial charge in [0.05, 0.1) is 11.8 Å². The average Bonchev–Trinajstić information content (AvgIpc) is 3.15. The number of nitrogens with one attached hydrogen (secondary N) is 1. The molecule has 3 rings (SSSR count). The number of hydrogen-bond donors (Lipinski definition) is 1. The molecule has 3 amide bonds. The van der Waals surface area contributed by atoms with Gasteiger partial charge in [-0.1, -0.05) is 0 Å². The molecule has 0 spiro atoms. The van der Waals surface area contributed by atoms with Crippen molar-refractivity contribution < 1.29 is 19.1 Å². The van der Waals surface area contributed by atoms with Gasteiger partial charge in [-0.2, -0.15) is 0 Å². The second-order valence-electron chi connectivity index (χ2n) is 5.51. The molecule has 2 fully saturated rings. The van der Waals surface area contributed by atoms with E-state index in [0.29, 0.717) is 17.8 Å². The number of nitrogens with zero attached hydrogens (tertiary/aromatic N) is 1. The molecule has 0 aliphatic carbocycles. The van der Waals surface area contributed by atoms with Crippen molar-refractivity contribution in [3.63, 3.8) is 0 Å². The number of rotatable bonds is 4. The number of ether oxygens (including phenoxy) is 1. The Labute approximate surface area is 128 Å². The molecule has 116 valence electrons. The Hall–Kier alpha value is -2.21. The molecule has 0 bridgehead atoms. The second kappa shape index (κ2) is 6.27. The van der Waals surface area contributed by atoms with Crippen LogP contribution in [0.2, 0.25) is 0 Å². The summed E-state index contributed by atoms with van der Waals surface area (Å²) in [4.78, 5) is 36.6. The van der Waals surface area contributed by atoms with Crippen LogP contribution in [0, 0.1) is 0 Å². The van der Waals surface area contributed by atoms with Crippen molar-refractivity contribution in [2.45, 2.75) is 31.8 Å². The van der Waals surface area contributed by atoms with E-state index in [1.54, 1.807) is 24.3 Å². The number of hydrogen-bond acceptors (Lipinski definition) is 4. The molecule has 2 saturated heterocycles. The molecule has 1 aromatic carbocycles. The molecular weight excluding hydrogens is 284 g/mol. The lowest BCUT2D eigenvalue weighted by atomic mass is 10.1. The molecule has 6 heteroatoms. The molecule has 1 N–H and O–H groups in total. The number of amides is 3. The van der Waals surface area contributed by atoms with E-state index in [0.717, 1.165) is 19.4 Å². The minimum atomic E-state index is -0.194. The Morgan fingerprint density at radius 2 is 1.86 bits per heavy atom. The summed E-state index contributed by atoms with van der Waals surface area (Å²) < 4.78 is 5.45. The maximum Gasteiger partial charge on any atom is 0.251 e. The van der Waals surface area contributed by atoms with Gasteiger partial charge in [0.1, 0.15) is 0 Å². The van der Waals surface area contributed by atoms with E-state index in [2.05, 4.69) is 5.32 Å². The summed E-state index contributed by atoms with van der Waals surface area (Å²) in [6.45, 7) is 1.26. The minimum absolute atomic E-state index is 0.100. The lowest BCUT2D eigenvalue weighted by molar-refractivity contribution is -0.121. The number of benzene rings is 1. The SMILES string of the molecule is O=C(NC[C@@H]1CCCO1)c1ccc(N2C(=O)CCC2=O)cc1. The van der Waals surface area contributed by atoms with E-state index in [4.69, 9.17) is 4.74 Å². The number of carbonyl (C=O) groups excluding carboxylic acids is 3. The van der Waals surface area contributed by atoms with E-state index >= 15 is 0 Å². The van der Waals surface area contributed by atoms with Crippen LogP contribution < -0.4 is 10.2 Å². The van der Waals surface area contributed by atoms with Gasteiger partial charge in [-0.25, -0.2) is 0 Å². The normalized spacial score (nSPS) is 21.5. The van der Waals surface area contributed by atoms with E-state index in [1.807, 2.05) is 0 Å². The molecular formula is C16H18N2O4. The zero-order chi connectivity index (χ0) is 15.5. The highest BCUT2D eigenvalue weighted by atomic mass is 16.5. The van der Waals surface area contributed by atoms with Crippen molar-refractivity contribution in [3.8, 4) is 0 Å². The topological polar surface area (TPSA) is 75.7 Å². The first-order valence-corrected chi connectivity index (χ1v) is 7.51. The summed E-state index contributed by atoms with van der Waals surface area (Å²) in [5, 5.41) is 2.84. The molecule has 0 saturated carbocycles. The van der Waals surface area contributed by atoms with Crippen LogP contribution in [0.3, 0.4) is 0 Å². The Bertz CT molecular complexity index is 575. The molecule has 6 nitrogen and oxygen atoms in total. The molecule has 22 heavy (non-hydrogen) atoms. The standard InChI is InChI=1S/C16H18N2O4/c19-14-7-8-15(20)18(14)12-5-3-11(4-6-12)16(21)17-10-13-2-1-9-22-13/h3-6,13H,1-2,7-10H2,(H,17,21)/t13-/m0/s1. The van der Waals surface area contributed by atoms with Gasteiger partial charge in [-0.15, -0.1) is 0 Å². The van der Waals surface area contributed by atoms with Crippen LogP contribution in [0.4, 0.5) is 5.69 Å². The maximum atomic E-state index is 12.0. The molecule has 0 aromatic heterocycles. The fourth-order valence-electron chi connectivity index (χ4n) is 2.74. The van der Waals surface area contributed by atoms with Crippen LogP contribution >= 0.6 is 0 Å². The first-order valence-electron chi connectivity index (χ1n) is 7.51. The van der Waals surface area contributed by atoms with Gasteiger partial charge in [-0.05, 0) is 37.1 Å². The molecule has 1 aromatic rings. The average molecular weight is 302 g/mol. The summed E-state index contributed by atoms with van der Waals surface area (Å²) >= 11 is 0. The van der Waals surface area contributed by atoms with Crippen molar-refractivity contribution in [2.24, 2.45) is 0 Å². The van der Waals surface area contributed by atoms with Gasteiger partial charge in [0.15, 0.2) is 0 Å². The molecule has 2 heterocycles. The molecule has 2 aliphatic heterocycles. The Kier molecular flexibility index (Phi) is 4.20. The smallest absolute Gasteiger partial charge is 0.251 e. The fourth-order valence-corrected chi connectivity index (χ4v) is 2.74. The van der Waals surface area contributed by atoms with E-state index in [1.165, 1.54) is 4.90 Å². The minimum Gasteiger partial charge on any atom is -0.376 e. The van der Waals surface area contributed by atoms with Crippen LogP contribution in [-0.2, 0) is 14.3 Å². The van der Waals surface area contributed by atoms with Crippen molar-refractivity contribution in [3.05, 3.63) is 29.8 Å². The third-order valence-corrected chi connectivity index (χ3v) is 3.95. The quantitative estimate of drug-likeness (QED) is 0.849. The van der Waals surface area contributed by atoms with Crippen LogP contribution in [-0.4, -0.2) is 37.0 Å². The van der Waals surface area contributed by atoms with E-state index in [-0.39, 0.29) is 36.7 Å². The highest BCUT2D eigenvalue weighted by molar-refractivity contribution is 6.19. The molecule has 2 aliphatic rings. The van der Waals surface area contributed by atoms with Gasteiger partial charge in [0, 0.05) is 31.6 Å². The lowest BCUT2D eigenvalue weighted by Crippen LogP contribution is -2.32. The predicted molar refractivity (Wildman–Crippen MR) is 79.5 cm³/mol. The van der Waals surface area contributed by atoms with Gasteiger partial charge in [0.2, 0.25) is 11.8 Å². The molecule has 0 unspecified atom stereocenters. The van der Waals surface area contributed by atoms with Gasteiger partial charge < -0.3 is 10.1 Å². The third-order valence-electron chi connectivity index (χ3n) is 3.95. The largest absolute Gasteiger partial charge is 0.376 e. The monoisotopic (exact) mass is 302 g/mol. The van der Waals surface area contributed by atoms with Crippen molar-refractivity contribution in [1.82, 2.24) is 5.32 Å². The van der Waals surface area contributed by atoms with Crippen molar-refractivity contribution >= 4 is 23.4 Å². The zero-order valence-corrected chi connectivity index (χ0v) is 12.2. The second-order valence-corrected chi connectivity index (χ2v) is 5.51. The number of anilines is 1. The Morgan fingerprint density at radius 3 is 2.45 bits per heavy atom. The molecule has 0 radical (unpaired) electrons. The summed E-state index contributed by atoms with van der Waals surface area (Å²) in [6, 6.07) is 6.50. The predicted octanol–water partition coefficient (Wildman–Crippen LogP) is 1.25. The number of imide groups is 1. The Morgan fingerprint density at radius 1 is 1.18 bits per heavy atom. The Balaban J connectivity index is 1.62. The van der Waals surface area contributed by atoms with Gasteiger partial charge >= 0.3 is 0 Å². The van der Waals surface area contributed by atoms with Crippen molar-refractivity contribution in [2.75, 3.05) is 18.1 Å². The first-order chi connectivity index (χ1) is 10.6. The zero-order valence-electron chi connectivity index (χ0n) is 12.2. The van der Waals surface area contributed by atoms with E-state index < -0.39 is 0 Å². The highest BCUT2D eigenvalue weighted by Gasteiger charge is 2.30. The summed E-state index contributed by atoms with van der Waals surface area (Å²) in [5.41, 5.74) is 1.02. The van der Waals surface area contributed by atoms with Crippen LogP contribution in [0.25, 0.3) is 0 Å².